The number of hydrogen-bond donors (Lipinski definition) is 1. The molecule has 1 aliphatic rings. The van der Waals surface area contributed by atoms with Crippen molar-refractivity contribution in [3.63, 3.8) is 0 Å². The zero-order valence-electron chi connectivity index (χ0n) is 15.4. The van der Waals surface area contributed by atoms with Crippen LogP contribution in [0, 0.1) is 11.7 Å². The second-order valence-corrected chi connectivity index (χ2v) is 7.70. The Bertz CT molecular complexity index is 794. The first kappa shape index (κ1) is 19.5. The van der Waals surface area contributed by atoms with Gasteiger partial charge in [0.2, 0.25) is 5.91 Å². The summed E-state index contributed by atoms with van der Waals surface area (Å²) in [6.07, 6.45) is 6.26. The van der Waals surface area contributed by atoms with Crippen molar-refractivity contribution in [2.45, 2.75) is 45.4 Å². The van der Waals surface area contributed by atoms with Gasteiger partial charge in [0, 0.05) is 17.4 Å². The Labute approximate surface area is 162 Å². The summed E-state index contributed by atoms with van der Waals surface area (Å²) in [4.78, 5) is 24.9. The van der Waals surface area contributed by atoms with Gasteiger partial charge in [-0.25, -0.2) is 9.18 Å². The molecule has 1 saturated carbocycles. The lowest BCUT2D eigenvalue weighted by atomic mass is 10.0. The van der Waals surface area contributed by atoms with E-state index in [-0.39, 0.29) is 18.3 Å². The third kappa shape index (κ3) is 4.95. The first-order valence-corrected chi connectivity index (χ1v) is 10.3. The maximum Gasteiger partial charge on any atom is 0.341 e. The third-order valence-electron chi connectivity index (χ3n) is 4.93. The second kappa shape index (κ2) is 9.13. The molecule has 144 valence electrons. The smallest absolute Gasteiger partial charge is 0.341 e. The number of carbonyl (C=O) groups excluding carboxylic acids is 2. The van der Waals surface area contributed by atoms with Crippen molar-refractivity contribution in [3.05, 3.63) is 41.0 Å². The number of ether oxygens (including phenoxy) is 1. The van der Waals surface area contributed by atoms with Crippen LogP contribution in [0.4, 0.5) is 9.39 Å². The van der Waals surface area contributed by atoms with Gasteiger partial charge in [0.15, 0.2) is 0 Å². The van der Waals surface area contributed by atoms with E-state index in [2.05, 4.69) is 5.32 Å². The van der Waals surface area contributed by atoms with E-state index in [4.69, 9.17) is 4.74 Å². The van der Waals surface area contributed by atoms with Crippen LogP contribution < -0.4 is 5.32 Å². The molecule has 1 aromatic heterocycles. The van der Waals surface area contributed by atoms with Crippen molar-refractivity contribution in [3.8, 4) is 11.1 Å². The van der Waals surface area contributed by atoms with E-state index in [9.17, 15) is 14.0 Å². The molecule has 0 spiro atoms. The molecule has 4 nitrogen and oxygen atoms in total. The summed E-state index contributed by atoms with van der Waals surface area (Å²) >= 11 is 1.29. The lowest BCUT2D eigenvalue weighted by Crippen LogP contribution is -2.15. The van der Waals surface area contributed by atoms with E-state index in [1.165, 1.54) is 49.2 Å². The normalized spacial score (nSPS) is 14.3. The quantitative estimate of drug-likeness (QED) is 0.624. The van der Waals surface area contributed by atoms with Crippen LogP contribution in [-0.2, 0) is 9.53 Å². The number of carbonyl (C=O) groups is 2. The molecule has 0 aliphatic heterocycles. The fraction of sp³-hybridized carbons (Fsp3) is 0.429. The number of nitrogens with one attached hydrogen (secondary N) is 1. The molecule has 3 rings (SSSR count). The standard InChI is InChI=1S/C21H24FNO3S/c1-2-26-21(25)19-17(15-8-10-16(22)11-9-15)13-27-20(19)23-18(24)12-7-14-5-3-4-6-14/h8-11,13-14H,2-7,12H2,1H3,(H,23,24). The molecule has 1 heterocycles. The molecule has 0 atom stereocenters. The lowest BCUT2D eigenvalue weighted by molar-refractivity contribution is -0.116. The van der Waals surface area contributed by atoms with E-state index in [0.717, 1.165) is 6.42 Å². The van der Waals surface area contributed by atoms with Crippen molar-refractivity contribution >= 4 is 28.2 Å². The minimum absolute atomic E-state index is 0.0834. The van der Waals surface area contributed by atoms with Crippen molar-refractivity contribution in [1.82, 2.24) is 0 Å². The Morgan fingerprint density at radius 1 is 1.22 bits per heavy atom. The number of amides is 1. The van der Waals surface area contributed by atoms with Gasteiger partial charge >= 0.3 is 5.97 Å². The number of halogens is 1. The van der Waals surface area contributed by atoms with Crippen molar-refractivity contribution in [2.75, 3.05) is 11.9 Å². The zero-order valence-corrected chi connectivity index (χ0v) is 16.2. The van der Waals surface area contributed by atoms with Gasteiger partial charge in [0.25, 0.3) is 0 Å². The fourth-order valence-corrected chi connectivity index (χ4v) is 4.49. The number of benzene rings is 1. The molecule has 0 radical (unpaired) electrons. The minimum atomic E-state index is -0.482. The molecule has 0 unspecified atom stereocenters. The molecule has 27 heavy (non-hydrogen) atoms. The first-order valence-electron chi connectivity index (χ1n) is 9.43. The number of thiophene rings is 1. The molecular weight excluding hydrogens is 365 g/mol. The number of hydrogen-bond acceptors (Lipinski definition) is 4. The maximum absolute atomic E-state index is 13.2. The van der Waals surface area contributed by atoms with Crippen LogP contribution in [0.25, 0.3) is 11.1 Å². The maximum atomic E-state index is 13.2. The summed E-state index contributed by atoms with van der Waals surface area (Å²) in [5.74, 6) is -0.269. The lowest BCUT2D eigenvalue weighted by Gasteiger charge is -2.10. The van der Waals surface area contributed by atoms with Crippen LogP contribution in [-0.4, -0.2) is 18.5 Å². The summed E-state index contributed by atoms with van der Waals surface area (Å²) in [6.45, 7) is 1.98. The zero-order chi connectivity index (χ0) is 19.2. The SMILES string of the molecule is CCOC(=O)c1c(-c2ccc(F)cc2)csc1NC(=O)CCC1CCCC1. The van der Waals surface area contributed by atoms with Crippen LogP contribution in [0.2, 0.25) is 0 Å². The van der Waals surface area contributed by atoms with Gasteiger partial charge in [-0.2, -0.15) is 0 Å². The molecule has 2 aromatic rings. The van der Waals surface area contributed by atoms with Crippen LogP contribution in [0.15, 0.2) is 29.6 Å². The van der Waals surface area contributed by atoms with E-state index >= 15 is 0 Å². The van der Waals surface area contributed by atoms with Crippen LogP contribution in [0.3, 0.4) is 0 Å². The van der Waals surface area contributed by atoms with Crippen LogP contribution in [0.1, 0.15) is 55.8 Å². The van der Waals surface area contributed by atoms with Gasteiger partial charge in [-0.05, 0) is 37.0 Å². The van der Waals surface area contributed by atoms with Gasteiger partial charge in [-0.1, -0.05) is 37.8 Å². The highest BCUT2D eigenvalue weighted by Gasteiger charge is 2.23. The molecule has 1 aliphatic carbocycles. The van der Waals surface area contributed by atoms with Gasteiger partial charge in [-0.15, -0.1) is 11.3 Å². The predicted octanol–water partition coefficient (Wildman–Crippen LogP) is 5.64. The molecule has 1 amide bonds. The highest BCUT2D eigenvalue weighted by molar-refractivity contribution is 7.15. The Morgan fingerprint density at radius 3 is 2.59 bits per heavy atom. The number of anilines is 1. The van der Waals surface area contributed by atoms with Gasteiger partial charge in [0.05, 0.1) is 6.61 Å². The Kier molecular flexibility index (Phi) is 6.61. The fourth-order valence-electron chi connectivity index (χ4n) is 3.52. The monoisotopic (exact) mass is 389 g/mol. The summed E-state index contributed by atoms with van der Waals surface area (Å²) in [7, 11) is 0. The minimum Gasteiger partial charge on any atom is -0.462 e. The van der Waals surface area contributed by atoms with E-state index in [0.29, 0.717) is 34.0 Å². The van der Waals surface area contributed by atoms with E-state index in [1.807, 2.05) is 0 Å². The summed E-state index contributed by atoms with van der Waals surface area (Å²) in [5, 5.41) is 5.17. The van der Waals surface area contributed by atoms with Crippen molar-refractivity contribution in [2.24, 2.45) is 5.92 Å². The Morgan fingerprint density at radius 2 is 1.93 bits per heavy atom. The van der Waals surface area contributed by atoms with Gasteiger partial charge in [0.1, 0.15) is 16.4 Å². The molecule has 1 aromatic carbocycles. The average molecular weight is 389 g/mol. The Hall–Kier alpha value is -2.21. The van der Waals surface area contributed by atoms with E-state index in [1.54, 1.807) is 24.4 Å². The Balaban J connectivity index is 1.78. The van der Waals surface area contributed by atoms with Gasteiger partial charge in [-0.3, -0.25) is 4.79 Å². The third-order valence-corrected chi connectivity index (χ3v) is 5.83. The average Bonchev–Trinajstić information content (AvgIpc) is 3.31. The summed E-state index contributed by atoms with van der Waals surface area (Å²) in [5.41, 5.74) is 1.69. The molecule has 6 heteroatoms. The van der Waals surface area contributed by atoms with Gasteiger partial charge < -0.3 is 10.1 Å². The number of rotatable bonds is 7. The van der Waals surface area contributed by atoms with Crippen molar-refractivity contribution < 1.29 is 18.7 Å². The summed E-state index contributed by atoms with van der Waals surface area (Å²) < 4.78 is 18.4. The molecular formula is C21H24FNO3S. The van der Waals surface area contributed by atoms with Crippen LogP contribution in [0.5, 0.6) is 0 Å². The molecule has 1 fully saturated rings. The molecule has 0 bridgehead atoms. The summed E-state index contributed by atoms with van der Waals surface area (Å²) in [6, 6.07) is 5.93. The largest absolute Gasteiger partial charge is 0.462 e. The first-order chi connectivity index (χ1) is 13.1. The van der Waals surface area contributed by atoms with Crippen LogP contribution >= 0.6 is 11.3 Å². The number of esters is 1. The topological polar surface area (TPSA) is 55.4 Å². The molecule has 1 N–H and O–H groups in total. The predicted molar refractivity (Wildman–Crippen MR) is 105 cm³/mol. The molecule has 0 saturated heterocycles. The van der Waals surface area contributed by atoms with Crippen molar-refractivity contribution in [1.29, 1.82) is 0 Å². The highest BCUT2D eigenvalue weighted by Crippen LogP contribution is 2.36. The highest BCUT2D eigenvalue weighted by atomic mass is 32.1. The van der Waals surface area contributed by atoms with E-state index < -0.39 is 5.97 Å². The second-order valence-electron chi connectivity index (χ2n) is 6.82.